The number of amides is 2. The summed E-state index contributed by atoms with van der Waals surface area (Å²) in [6.45, 7) is 1.17. The Kier molecular flexibility index (Phi) is 2.83. The zero-order valence-corrected chi connectivity index (χ0v) is 10.7. The molecule has 0 aromatic rings. The Balaban J connectivity index is 1.90. The largest absolute Gasteiger partial charge is 0.432 e. The molecule has 0 aromatic carbocycles. The third kappa shape index (κ3) is 1.65. The summed E-state index contributed by atoms with van der Waals surface area (Å²) in [6, 6.07) is 1.73. The fraction of sp³-hybridized carbons (Fsp3) is 0.538. The van der Waals surface area contributed by atoms with Gasteiger partial charge >= 0.3 is 5.97 Å². The Morgan fingerprint density at radius 1 is 1.35 bits per heavy atom. The monoisotopic (exact) mass is 276 g/mol. The topological polar surface area (TPSA) is 96.7 Å². The van der Waals surface area contributed by atoms with E-state index in [0.717, 1.165) is 24.0 Å². The Bertz CT molecular complexity index is 548. The average molecular weight is 276 g/mol. The standard InChI is InChI=1S/C13H12N2O5/c1-6(16)19-5-7(4-14)15-12(17)10-8-2-3-9(20-8)11(10)13(15)18/h5,8-11H,2-3H2,1H3/b7-5+. The molecule has 3 rings (SSSR count). The van der Waals surface area contributed by atoms with Gasteiger partial charge in [-0.2, -0.15) is 5.26 Å². The molecule has 3 aliphatic heterocycles. The summed E-state index contributed by atoms with van der Waals surface area (Å²) in [5.41, 5.74) is -0.260. The predicted molar refractivity (Wildman–Crippen MR) is 62.2 cm³/mol. The van der Waals surface area contributed by atoms with Gasteiger partial charge in [0, 0.05) is 6.92 Å². The molecular weight excluding hydrogens is 264 g/mol. The quantitative estimate of drug-likeness (QED) is 0.306. The maximum absolute atomic E-state index is 12.3. The molecule has 104 valence electrons. The number of likely N-dealkylation sites (tertiary alicyclic amines) is 1. The molecule has 7 heteroatoms. The number of nitrogens with zero attached hydrogens (tertiary/aromatic N) is 2. The normalized spacial score (nSPS) is 35.2. The van der Waals surface area contributed by atoms with Crippen molar-refractivity contribution in [3.63, 3.8) is 0 Å². The van der Waals surface area contributed by atoms with Crippen LogP contribution in [0.4, 0.5) is 0 Å². The molecule has 3 heterocycles. The highest BCUT2D eigenvalue weighted by atomic mass is 16.5. The van der Waals surface area contributed by atoms with Gasteiger partial charge in [0.15, 0.2) is 5.70 Å². The zero-order valence-electron chi connectivity index (χ0n) is 10.7. The van der Waals surface area contributed by atoms with E-state index in [9.17, 15) is 14.4 Å². The van der Waals surface area contributed by atoms with Crippen molar-refractivity contribution in [2.45, 2.75) is 32.0 Å². The lowest BCUT2D eigenvalue weighted by molar-refractivity contribution is -0.141. The van der Waals surface area contributed by atoms with Crippen LogP contribution in [0.5, 0.6) is 0 Å². The van der Waals surface area contributed by atoms with Gasteiger partial charge in [0.25, 0.3) is 0 Å². The number of imide groups is 1. The van der Waals surface area contributed by atoms with E-state index in [-0.39, 0.29) is 17.9 Å². The van der Waals surface area contributed by atoms with Crippen LogP contribution in [-0.2, 0) is 23.9 Å². The highest BCUT2D eigenvalue weighted by Gasteiger charge is 2.63. The van der Waals surface area contributed by atoms with Crippen molar-refractivity contribution < 1.29 is 23.9 Å². The maximum atomic E-state index is 12.3. The lowest BCUT2D eigenvalue weighted by atomic mass is 9.81. The Hall–Kier alpha value is -2.20. The molecule has 0 aromatic heterocycles. The van der Waals surface area contributed by atoms with Crippen molar-refractivity contribution in [3.05, 3.63) is 12.0 Å². The summed E-state index contributed by atoms with van der Waals surface area (Å²) in [5, 5.41) is 9.06. The van der Waals surface area contributed by atoms with E-state index in [1.165, 1.54) is 6.92 Å². The van der Waals surface area contributed by atoms with Crippen molar-refractivity contribution in [3.8, 4) is 6.07 Å². The molecule has 20 heavy (non-hydrogen) atoms. The fourth-order valence-electron chi connectivity index (χ4n) is 3.22. The maximum Gasteiger partial charge on any atom is 0.307 e. The summed E-state index contributed by atoms with van der Waals surface area (Å²) in [6.07, 6.45) is 1.89. The summed E-state index contributed by atoms with van der Waals surface area (Å²) < 4.78 is 10.2. The highest BCUT2D eigenvalue weighted by molar-refractivity contribution is 6.08. The minimum Gasteiger partial charge on any atom is -0.432 e. The third-order valence-electron chi connectivity index (χ3n) is 3.98. The van der Waals surface area contributed by atoms with E-state index < -0.39 is 29.6 Å². The average Bonchev–Trinajstić information content (AvgIpc) is 3.07. The number of carbonyl (C=O) groups is 3. The number of carbonyl (C=O) groups excluding carboxylic acids is 3. The van der Waals surface area contributed by atoms with Crippen molar-refractivity contribution in [1.29, 1.82) is 5.26 Å². The minimum atomic E-state index is -0.625. The van der Waals surface area contributed by atoms with Gasteiger partial charge < -0.3 is 9.47 Å². The Labute approximate surface area is 114 Å². The molecule has 3 fully saturated rings. The van der Waals surface area contributed by atoms with Gasteiger partial charge in [-0.3, -0.25) is 14.4 Å². The first-order chi connectivity index (χ1) is 9.54. The second kappa shape index (κ2) is 4.42. The van der Waals surface area contributed by atoms with Crippen molar-refractivity contribution >= 4 is 17.8 Å². The lowest BCUT2D eigenvalue weighted by Gasteiger charge is -2.15. The smallest absolute Gasteiger partial charge is 0.307 e. The third-order valence-corrected chi connectivity index (χ3v) is 3.98. The number of hydrogen-bond donors (Lipinski definition) is 0. The van der Waals surface area contributed by atoms with Gasteiger partial charge in [-0.05, 0) is 12.8 Å². The number of rotatable bonds is 2. The molecule has 0 N–H and O–H groups in total. The molecule has 2 amide bonds. The first-order valence-corrected chi connectivity index (χ1v) is 6.35. The molecule has 0 saturated carbocycles. The van der Waals surface area contributed by atoms with Gasteiger partial charge in [0.1, 0.15) is 12.3 Å². The number of ether oxygens (including phenoxy) is 2. The Morgan fingerprint density at radius 3 is 2.35 bits per heavy atom. The molecule has 2 bridgehead atoms. The number of hydrogen-bond acceptors (Lipinski definition) is 6. The van der Waals surface area contributed by atoms with Gasteiger partial charge in [-0.25, -0.2) is 4.90 Å². The van der Waals surface area contributed by atoms with Gasteiger partial charge in [-0.1, -0.05) is 0 Å². The van der Waals surface area contributed by atoms with Gasteiger partial charge in [-0.15, -0.1) is 0 Å². The van der Waals surface area contributed by atoms with Crippen LogP contribution in [0.2, 0.25) is 0 Å². The van der Waals surface area contributed by atoms with Crippen LogP contribution < -0.4 is 0 Å². The molecule has 0 aliphatic carbocycles. The number of fused-ring (bicyclic) bond motifs is 5. The summed E-state index contributed by atoms with van der Waals surface area (Å²) in [4.78, 5) is 36.2. The second-order valence-electron chi connectivity index (χ2n) is 5.08. The van der Waals surface area contributed by atoms with Crippen LogP contribution in [0.1, 0.15) is 19.8 Å². The Morgan fingerprint density at radius 2 is 1.90 bits per heavy atom. The molecule has 3 aliphatic rings. The molecule has 7 nitrogen and oxygen atoms in total. The van der Waals surface area contributed by atoms with Crippen LogP contribution in [0.25, 0.3) is 0 Å². The molecule has 4 unspecified atom stereocenters. The summed E-state index contributed by atoms with van der Waals surface area (Å²) in [7, 11) is 0. The molecule has 0 spiro atoms. The minimum absolute atomic E-state index is 0.236. The van der Waals surface area contributed by atoms with E-state index >= 15 is 0 Å². The zero-order chi connectivity index (χ0) is 14.4. The molecule has 3 saturated heterocycles. The van der Waals surface area contributed by atoms with Crippen molar-refractivity contribution in [2.75, 3.05) is 0 Å². The van der Waals surface area contributed by atoms with Gasteiger partial charge in [0.05, 0.1) is 24.0 Å². The van der Waals surface area contributed by atoms with E-state index in [1.807, 2.05) is 0 Å². The van der Waals surface area contributed by atoms with Crippen molar-refractivity contribution in [1.82, 2.24) is 4.90 Å². The molecule has 0 radical (unpaired) electrons. The fourth-order valence-corrected chi connectivity index (χ4v) is 3.22. The second-order valence-corrected chi connectivity index (χ2v) is 5.08. The number of nitriles is 1. The SMILES string of the molecule is CC(=O)O/C=C(\C#N)N1C(=O)C2C3CCC(O3)C2C1=O. The van der Waals surface area contributed by atoms with Crippen LogP contribution in [0, 0.1) is 23.2 Å². The molecule has 4 atom stereocenters. The van der Waals surface area contributed by atoms with E-state index in [0.29, 0.717) is 0 Å². The van der Waals surface area contributed by atoms with E-state index in [4.69, 9.17) is 10.00 Å². The summed E-state index contributed by atoms with van der Waals surface area (Å²) >= 11 is 0. The van der Waals surface area contributed by atoms with Crippen LogP contribution in [0.15, 0.2) is 12.0 Å². The predicted octanol–water partition coefficient (Wildman–Crippen LogP) is 0.0769. The van der Waals surface area contributed by atoms with Crippen LogP contribution in [-0.4, -0.2) is 34.9 Å². The van der Waals surface area contributed by atoms with Crippen molar-refractivity contribution in [2.24, 2.45) is 11.8 Å². The number of allylic oxidation sites excluding steroid dienone is 1. The highest BCUT2D eigenvalue weighted by Crippen LogP contribution is 2.49. The summed E-state index contributed by atoms with van der Waals surface area (Å²) in [5.74, 6) is -2.51. The first-order valence-electron chi connectivity index (χ1n) is 6.35. The number of esters is 1. The van der Waals surface area contributed by atoms with Gasteiger partial charge in [0.2, 0.25) is 11.8 Å². The lowest BCUT2D eigenvalue weighted by Crippen LogP contribution is -2.33. The van der Waals surface area contributed by atoms with E-state index in [1.54, 1.807) is 6.07 Å². The first kappa shape index (κ1) is 12.8. The van der Waals surface area contributed by atoms with Crippen LogP contribution in [0.3, 0.4) is 0 Å². The van der Waals surface area contributed by atoms with E-state index in [2.05, 4.69) is 4.74 Å². The van der Waals surface area contributed by atoms with Crippen LogP contribution >= 0.6 is 0 Å². The molecular formula is C13H12N2O5.